The van der Waals surface area contributed by atoms with E-state index in [4.69, 9.17) is 11.5 Å². The Morgan fingerprint density at radius 1 is 1.29 bits per heavy atom. The van der Waals surface area contributed by atoms with E-state index >= 15 is 0 Å². The van der Waals surface area contributed by atoms with Crippen molar-refractivity contribution in [2.24, 2.45) is 5.73 Å². The normalized spacial score (nSPS) is 10.4. The lowest BCUT2D eigenvalue weighted by Gasteiger charge is -2.03. The second kappa shape index (κ2) is 3.51. The first kappa shape index (κ1) is 8.77. The van der Waals surface area contributed by atoms with Gasteiger partial charge in [-0.15, -0.1) is 0 Å². The molecule has 0 amide bonds. The molecule has 4 nitrogen and oxygen atoms in total. The Morgan fingerprint density at radius 3 is 2.71 bits per heavy atom. The number of H-pyrrole nitrogens is 1. The van der Waals surface area contributed by atoms with Gasteiger partial charge in [-0.25, -0.2) is 4.98 Å². The molecule has 4 heteroatoms. The number of anilines is 1. The number of nitrogens with two attached hydrogens (primary N) is 2. The number of nitrogens with zero attached hydrogens (tertiary/aromatic N) is 1. The first-order chi connectivity index (χ1) is 6.81. The van der Waals surface area contributed by atoms with Crippen LogP contribution in [0.5, 0.6) is 0 Å². The molecule has 0 unspecified atom stereocenters. The van der Waals surface area contributed by atoms with Gasteiger partial charge in [0.1, 0.15) is 0 Å². The van der Waals surface area contributed by atoms with Crippen LogP contribution in [0.25, 0.3) is 11.3 Å². The second-order valence-electron chi connectivity index (χ2n) is 3.04. The van der Waals surface area contributed by atoms with Crippen LogP contribution in [-0.4, -0.2) is 9.97 Å². The molecule has 0 aliphatic rings. The van der Waals surface area contributed by atoms with Crippen LogP contribution in [0, 0.1) is 0 Å². The molecule has 14 heavy (non-hydrogen) atoms. The molecular weight excluding hydrogens is 176 g/mol. The SMILES string of the molecule is NCc1ccccc1-c1cnc(N)[nH]1. The van der Waals surface area contributed by atoms with Crippen LogP contribution in [0.15, 0.2) is 30.5 Å². The number of rotatable bonds is 2. The van der Waals surface area contributed by atoms with Crippen molar-refractivity contribution in [3.05, 3.63) is 36.0 Å². The lowest BCUT2D eigenvalue weighted by molar-refractivity contribution is 1.07. The van der Waals surface area contributed by atoms with E-state index in [1.54, 1.807) is 6.20 Å². The maximum absolute atomic E-state index is 5.63. The van der Waals surface area contributed by atoms with Gasteiger partial charge in [-0.1, -0.05) is 24.3 Å². The van der Waals surface area contributed by atoms with E-state index in [0.29, 0.717) is 12.5 Å². The summed E-state index contributed by atoms with van der Waals surface area (Å²) in [4.78, 5) is 6.93. The number of nitrogens with one attached hydrogen (secondary N) is 1. The smallest absolute Gasteiger partial charge is 0.197 e. The average molecular weight is 188 g/mol. The predicted molar refractivity (Wildman–Crippen MR) is 56.3 cm³/mol. The van der Waals surface area contributed by atoms with Crippen LogP contribution in [0.4, 0.5) is 5.95 Å². The lowest BCUT2D eigenvalue weighted by Crippen LogP contribution is -1.98. The molecule has 0 radical (unpaired) electrons. The number of aromatic amines is 1. The predicted octanol–water partition coefficient (Wildman–Crippen LogP) is 1.12. The summed E-state index contributed by atoms with van der Waals surface area (Å²) in [5.74, 6) is 0.423. The van der Waals surface area contributed by atoms with Crippen molar-refractivity contribution in [3.8, 4) is 11.3 Å². The Morgan fingerprint density at radius 2 is 2.07 bits per heavy atom. The Balaban J connectivity index is 2.50. The Bertz CT molecular complexity index is 433. The Kier molecular flexibility index (Phi) is 2.20. The summed E-state index contributed by atoms with van der Waals surface area (Å²) in [7, 11) is 0. The highest BCUT2D eigenvalue weighted by Gasteiger charge is 2.04. The molecule has 1 heterocycles. The fraction of sp³-hybridized carbons (Fsp3) is 0.100. The summed E-state index contributed by atoms with van der Waals surface area (Å²) in [5.41, 5.74) is 14.2. The van der Waals surface area contributed by atoms with E-state index in [9.17, 15) is 0 Å². The van der Waals surface area contributed by atoms with E-state index in [2.05, 4.69) is 9.97 Å². The van der Waals surface area contributed by atoms with Gasteiger partial charge in [0.2, 0.25) is 0 Å². The molecule has 0 saturated heterocycles. The highest BCUT2D eigenvalue weighted by molar-refractivity contribution is 5.64. The average Bonchev–Trinajstić information content (AvgIpc) is 2.65. The summed E-state index contributed by atoms with van der Waals surface area (Å²) in [6.45, 7) is 0.509. The molecule has 0 aliphatic heterocycles. The summed E-state index contributed by atoms with van der Waals surface area (Å²) in [5, 5.41) is 0. The van der Waals surface area contributed by atoms with Gasteiger partial charge in [-0.05, 0) is 5.56 Å². The van der Waals surface area contributed by atoms with Crippen LogP contribution in [0.2, 0.25) is 0 Å². The third-order valence-corrected chi connectivity index (χ3v) is 2.12. The van der Waals surface area contributed by atoms with E-state index in [-0.39, 0.29) is 0 Å². The number of aromatic nitrogens is 2. The Labute approximate surface area is 82.0 Å². The van der Waals surface area contributed by atoms with Gasteiger partial charge in [0.05, 0.1) is 11.9 Å². The number of nitrogen functional groups attached to an aromatic ring is 1. The third-order valence-electron chi connectivity index (χ3n) is 2.12. The topological polar surface area (TPSA) is 80.7 Å². The van der Waals surface area contributed by atoms with E-state index in [1.165, 1.54) is 0 Å². The molecule has 0 saturated carbocycles. The van der Waals surface area contributed by atoms with Gasteiger partial charge in [-0.3, -0.25) is 0 Å². The minimum atomic E-state index is 0.423. The summed E-state index contributed by atoms with van der Waals surface area (Å²) < 4.78 is 0. The minimum absolute atomic E-state index is 0.423. The number of hydrogen-bond acceptors (Lipinski definition) is 3. The zero-order valence-electron chi connectivity index (χ0n) is 7.70. The summed E-state index contributed by atoms with van der Waals surface area (Å²) >= 11 is 0. The van der Waals surface area contributed by atoms with Crippen LogP contribution in [0.1, 0.15) is 5.56 Å². The molecular formula is C10H12N4. The van der Waals surface area contributed by atoms with Crippen molar-refractivity contribution in [1.82, 2.24) is 9.97 Å². The molecule has 0 spiro atoms. The maximum atomic E-state index is 5.63. The summed E-state index contributed by atoms with van der Waals surface area (Å²) in [6, 6.07) is 7.92. The van der Waals surface area contributed by atoms with Crippen LogP contribution in [-0.2, 0) is 6.54 Å². The van der Waals surface area contributed by atoms with E-state index in [0.717, 1.165) is 16.8 Å². The second-order valence-corrected chi connectivity index (χ2v) is 3.04. The largest absolute Gasteiger partial charge is 0.369 e. The van der Waals surface area contributed by atoms with Crippen molar-refractivity contribution < 1.29 is 0 Å². The number of benzene rings is 1. The molecule has 0 aliphatic carbocycles. The molecule has 5 N–H and O–H groups in total. The first-order valence-electron chi connectivity index (χ1n) is 4.40. The minimum Gasteiger partial charge on any atom is -0.369 e. The van der Waals surface area contributed by atoms with Crippen molar-refractivity contribution in [2.75, 3.05) is 5.73 Å². The third kappa shape index (κ3) is 1.47. The van der Waals surface area contributed by atoms with Gasteiger partial charge in [0.15, 0.2) is 5.95 Å². The van der Waals surface area contributed by atoms with Gasteiger partial charge in [0.25, 0.3) is 0 Å². The zero-order valence-corrected chi connectivity index (χ0v) is 7.70. The molecule has 0 atom stereocenters. The standard InChI is InChI=1S/C10H12N4/c11-5-7-3-1-2-4-8(7)9-6-13-10(12)14-9/h1-4,6H,5,11H2,(H3,12,13,14). The molecule has 2 rings (SSSR count). The molecule has 72 valence electrons. The van der Waals surface area contributed by atoms with Crippen LogP contribution >= 0.6 is 0 Å². The first-order valence-corrected chi connectivity index (χ1v) is 4.40. The van der Waals surface area contributed by atoms with Gasteiger partial charge in [-0.2, -0.15) is 0 Å². The number of imidazole rings is 1. The van der Waals surface area contributed by atoms with Gasteiger partial charge in [0, 0.05) is 12.1 Å². The molecule has 1 aromatic carbocycles. The maximum Gasteiger partial charge on any atom is 0.197 e. The monoisotopic (exact) mass is 188 g/mol. The van der Waals surface area contributed by atoms with Crippen molar-refractivity contribution >= 4 is 5.95 Å². The molecule has 1 aromatic heterocycles. The van der Waals surface area contributed by atoms with E-state index in [1.807, 2.05) is 24.3 Å². The Hall–Kier alpha value is -1.81. The number of hydrogen-bond donors (Lipinski definition) is 3. The molecule has 0 bridgehead atoms. The van der Waals surface area contributed by atoms with Gasteiger partial charge < -0.3 is 16.5 Å². The van der Waals surface area contributed by atoms with Crippen LogP contribution < -0.4 is 11.5 Å². The van der Waals surface area contributed by atoms with Crippen LogP contribution in [0.3, 0.4) is 0 Å². The summed E-state index contributed by atoms with van der Waals surface area (Å²) in [6.07, 6.45) is 1.71. The zero-order chi connectivity index (χ0) is 9.97. The van der Waals surface area contributed by atoms with Crippen molar-refractivity contribution in [3.63, 3.8) is 0 Å². The van der Waals surface area contributed by atoms with E-state index < -0.39 is 0 Å². The van der Waals surface area contributed by atoms with Crippen molar-refractivity contribution in [2.45, 2.75) is 6.54 Å². The highest BCUT2D eigenvalue weighted by Crippen LogP contribution is 2.21. The quantitative estimate of drug-likeness (QED) is 0.660. The fourth-order valence-corrected chi connectivity index (χ4v) is 1.43. The highest BCUT2D eigenvalue weighted by atomic mass is 15.0. The molecule has 2 aromatic rings. The van der Waals surface area contributed by atoms with Gasteiger partial charge >= 0.3 is 0 Å². The lowest BCUT2D eigenvalue weighted by atomic mass is 10.1. The molecule has 0 fully saturated rings. The van der Waals surface area contributed by atoms with Crippen molar-refractivity contribution in [1.29, 1.82) is 0 Å². The fourth-order valence-electron chi connectivity index (χ4n) is 1.43.